The molecule has 2 aliphatic rings. The summed E-state index contributed by atoms with van der Waals surface area (Å²) in [6, 6.07) is 1.91. The average molecular weight is 313 g/mol. The van der Waals surface area contributed by atoms with Crippen LogP contribution in [0.3, 0.4) is 0 Å². The van der Waals surface area contributed by atoms with Crippen LogP contribution in [-0.2, 0) is 10.0 Å². The molecule has 2 bridgehead atoms. The van der Waals surface area contributed by atoms with Crippen LogP contribution >= 0.6 is 0 Å². The molecule has 0 spiro atoms. The lowest BCUT2D eigenvalue weighted by molar-refractivity contribution is -0.389. The molecule has 2 atom stereocenters. The van der Waals surface area contributed by atoms with Gasteiger partial charge in [0.05, 0.1) is 6.10 Å². The average Bonchev–Trinajstić information content (AvgIpc) is 2.72. The molecular weight excluding hydrogens is 298 g/mol. The molecule has 0 amide bonds. The van der Waals surface area contributed by atoms with Crippen LogP contribution in [0.15, 0.2) is 23.2 Å². The highest BCUT2D eigenvalue weighted by atomic mass is 32.2. The van der Waals surface area contributed by atoms with Gasteiger partial charge in [0.25, 0.3) is 0 Å². The maximum atomic E-state index is 12.7. The van der Waals surface area contributed by atoms with E-state index in [0.29, 0.717) is 12.8 Å². The summed E-state index contributed by atoms with van der Waals surface area (Å²) in [5.41, 5.74) is 0. The number of aliphatic hydroxyl groups excluding tert-OH is 1. The van der Waals surface area contributed by atoms with Crippen molar-refractivity contribution in [3.63, 3.8) is 0 Å². The zero-order valence-electron chi connectivity index (χ0n) is 11.1. The fraction of sp³-hybridized carbons (Fsp3) is 0.583. The summed E-state index contributed by atoms with van der Waals surface area (Å²) in [6.45, 7) is 0. The molecule has 1 aromatic rings. The Bertz CT molecular complexity index is 646. The molecular formula is C12H15N3O5S. The van der Waals surface area contributed by atoms with Gasteiger partial charge in [0.15, 0.2) is 6.20 Å². The zero-order chi connectivity index (χ0) is 15.2. The molecule has 114 valence electrons. The number of piperidine rings is 1. The Hall–Kier alpha value is -1.58. The minimum Gasteiger partial charge on any atom is -0.393 e. The molecule has 3 heterocycles. The summed E-state index contributed by atoms with van der Waals surface area (Å²) < 4.78 is 26.8. The predicted molar refractivity (Wildman–Crippen MR) is 72.0 cm³/mol. The summed E-state index contributed by atoms with van der Waals surface area (Å²) in [5.74, 6) is -0.383. The fourth-order valence-corrected chi connectivity index (χ4v) is 5.09. The zero-order valence-corrected chi connectivity index (χ0v) is 11.9. The lowest BCUT2D eigenvalue weighted by Crippen LogP contribution is -2.47. The minimum atomic E-state index is -3.73. The van der Waals surface area contributed by atoms with Crippen LogP contribution in [0.25, 0.3) is 0 Å². The Kier molecular flexibility index (Phi) is 3.42. The van der Waals surface area contributed by atoms with Gasteiger partial charge in [0.1, 0.15) is 4.90 Å². The second-order valence-electron chi connectivity index (χ2n) is 5.45. The molecule has 2 unspecified atom stereocenters. The van der Waals surface area contributed by atoms with Gasteiger partial charge in [-0.05, 0) is 41.7 Å². The summed E-state index contributed by atoms with van der Waals surface area (Å²) in [7, 11) is -3.73. The Morgan fingerprint density at radius 2 is 1.90 bits per heavy atom. The van der Waals surface area contributed by atoms with E-state index < -0.39 is 21.1 Å². The number of nitro groups is 1. The van der Waals surface area contributed by atoms with Gasteiger partial charge in [0, 0.05) is 18.2 Å². The lowest BCUT2D eigenvalue weighted by atomic mass is 10.0. The number of fused-ring (bicyclic) bond motifs is 2. The smallest absolute Gasteiger partial charge is 0.363 e. The third kappa shape index (κ3) is 2.41. The van der Waals surface area contributed by atoms with E-state index in [2.05, 4.69) is 4.98 Å². The maximum Gasteiger partial charge on any atom is 0.363 e. The van der Waals surface area contributed by atoms with Crippen molar-refractivity contribution in [1.82, 2.24) is 9.29 Å². The molecule has 2 saturated heterocycles. The summed E-state index contributed by atoms with van der Waals surface area (Å²) in [6.07, 6.45) is 2.93. The molecule has 9 heteroatoms. The van der Waals surface area contributed by atoms with Crippen LogP contribution < -0.4 is 0 Å². The van der Waals surface area contributed by atoms with E-state index in [4.69, 9.17) is 0 Å². The normalized spacial score (nSPS) is 29.5. The third-order valence-corrected chi connectivity index (χ3v) is 6.11. The van der Waals surface area contributed by atoms with Gasteiger partial charge in [0.2, 0.25) is 10.0 Å². The van der Waals surface area contributed by atoms with Gasteiger partial charge >= 0.3 is 5.82 Å². The van der Waals surface area contributed by atoms with Crippen LogP contribution in [-0.4, -0.2) is 45.9 Å². The quantitative estimate of drug-likeness (QED) is 0.648. The van der Waals surface area contributed by atoms with Gasteiger partial charge in [-0.2, -0.15) is 4.31 Å². The monoisotopic (exact) mass is 313 g/mol. The van der Waals surface area contributed by atoms with Gasteiger partial charge in [-0.3, -0.25) is 0 Å². The van der Waals surface area contributed by atoms with E-state index in [0.717, 1.165) is 25.1 Å². The summed E-state index contributed by atoms with van der Waals surface area (Å²) in [4.78, 5) is 13.4. The van der Waals surface area contributed by atoms with E-state index in [9.17, 15) is 23.6 Å². The first kappa shape index (κ1) is 14.4. The first-order valence-electron chi connectivity index (χ1n) is 6.71. The first-order valence-corrected chi connectivity index (χ1v) is 8.15. The van der Waals surface area contributed by atoms with Crippen molar-refractivity contribution in [1.29, 1.82) is 0 Å². The number of aliphatic hydroxyl groups is 1. The van der Waals surface area contributed by atoms with Crippen LogP contribution in [0.4, 0.5) is 5.82 Å². The molecule has 0 radical (unpaired) electrons. The maximum absolute atomic E-state index is 12.7. The number of hydrogen-bond acceptors (Lipinski definition) is 6. The van der Waals surface area contributed by atoms with Crippen molar-refractivity contribution in [2.75, 3.05) is 0 Å². The largest absolute Gasteiger partial charge is 0.393 e. The second kappa shape index (κ2) is 5.00. The molecule has 0 saturated carbocycles. The van der Waals surface area contributed by atoms with Crippen LogP contribution in [0.1, 0.15) is 25.7 Å². The molecule has 0 aromatic carbocycles. The Balaban J connectivity index is 1.92. The van der Waals surface area contributed by atoms with Crippen molar-refractivity contribution >= 4 is 15.8 Å². The van der Waals surface area contributed by atoms with Gasteiger partial charge in [-0.25, -0.2) is 8.42 Å². The van der Waals surface area contributed by atoms with Crippen LogP contribution in [0.2, 0.25) is 0 Å². The number of pyridine rings is 1. The van der Waals surface area contributed by atoms with E-state index in [-0.39, 0.29) is 22.8 Å². The number of sulfonamides is 1. The van der Waals surface area contributed by atoms with Crippen molar-refractivity contribution in [3.8, 4) is 0 Å². The standard InChI is InChI=1S/C12H15N3O5S/c16-10-5-8-1-2-9(6-10)14(8)21(19,20)11-3-4-12(13-7-11)15(17)18/h3-4,7-10,16H,1-2,5-6H2. The SMILES string of the molecule is O=[N+]([O-])c1ccc(S(=O)(=O)N2C3CCC2CC(O)C3)cn1. The number of nitrogens with zero attached hydrogens (tertiary/aromatic N) is 3. The highest BCUT2D eigenvalue weighted by Crippen LogP contribution is 2.39. The van der Waals surface area contributed by atoms with Crippen molar-refractivity contribution in [2.45, 2.75) is 48.8 Å². The predicted octanol–water partition coefficient (Wildman–Crippen LogP) is 0.666. The molecule has 8 nitrogen and oxygen atoms in total. The number of hydrogen-bond donors (Lipinski definition) is 1. The van der Waals surface area contributed by atoms with E-state index in [1.807, 2.05) is 0 Å². The van der Waals surface area contributed by atoms with Crippen LogP contribution in [0, 0.1) is 10.1 Å². The molecule has 1 aromatic heterocycles. The minimum absolute atomic E-state index is 0.0404. The topological polar surface area (TPSA) is 114 Å². The number of aromatic nitrogens is 1. The van der Waals surface area contributed by atoms with Crippen molar-refractivity contribution < 1.29 is 18.4 Å². The van der Waals surface area contributed by atoms with E-state index in [1.165, 1.54) is 10.4 Å². The van der Waals surface area contributed by atoms with Gasteiger partial charge in [-0.15, -0.1) is 0 Å². The van der Waals surface area contributed by atoms with Gasteiger partial charge in [-0.1, -0.05) is 0 Å². The van der Waals surface area contributed by atoms with E-state index >= 15 is 0 Å². The molecule has 3 rings (SSSR count). The highest BCUT2D eigenvalue weighted by molar-refractivity contribution is 7.89. The van der Waals surface area contributed by atoms with Crippen molar-refractivity contribution in [2.24, 2.45) is 0 Å². The first-order chi connectivity index (χ1) is 9.89. The highest BCUT2D eigenvalue weighted by Gasteiger charge is 2.47. The summed E-state index contributed by atoms with van der Waals surface area (Å²) >= 11 is 0. The fourth-order valence-electron chi connectivity index (χ4n) is 3.25. The third-order valence-electron chi connectivity index (χ3n) is 4.12. The Labute approximate surface area is 121 Å². The Morgan fingerprint density at radius 3 is 2.38 bits per heavy atom. The Morgan fingerprint density at radius 1 is 1.29 bits per heavy atom. The molecule has 21 heavy (non-hydrogen) atoms. The number of rotatable bonds is 3. The molecule has 2 aliphatic heterocycles. The van der Waals surface area contributed by atoms with Crippen LogP contribution in [0.5, 0.6) is 0 Å². The molecule has 1 N–H and O–H groups in total. The molecule has 2 fully saturated rings. The summed E-state index contributed by atoms with van der Waals surface area (Å²) in [5, 5.41) is 20.3. The second-order valence-corrected chi connectivity index (χ2v) is 7.30. The van der Waals surface area contributed by atoms with Crippen molar-refractivity contribution in [3.05, 3.63) is 28.4 Å². The lowest BCUT2D eigenvalue weighted by Gasteiger charge is -2.35. The van der Waals surface area contributed by atoms with Gasteiger partial charge < -0.3 is 15.2 Å². The van der Waals surface area contributed by atoms with E-state index in [1.54, 1.807) is 0 Å². The molecule has 0 aliphatic carbocycles.